The highest BCUT2D eigenvalue weighted by Crippen LogP contribution is 2.05. The third-order valence-corrected chi connectivity index (χ3v) is 1.74. The van der Waals surface area contributed by atoms with Crippen LogP contribution in [0.15, 0.2) is 6.07 Å². The van der Waals surface area contributed by atoms with Crippen molar-refractivity contribution in [2.75, 3.05) is 6.54 Å². The molecule has 0 saturated heterocycles. The molecule has 0 aromatic carbocycles. The van der Waals surface area contributed by atoms with Gasteiger partial charge in [0.15, 0.2) is 0 Å². The van der Waals surface area contributed by atoms with Gasteiger partial charge in [0, 0.05) is 0 Å². The minimum absolute atomic E-state index is 0.414. The van der Waals surface area contributed by atoms with Gasteiger partial charge in [0.1, 0.15) is 0 Å². The second-order valence-electron chi connectivity index (χ2n) is 1.84. The fraction of sp³-hybridized carbons (Fsp3) is 0.286. The Kier molecular flexibility index (Phi) is 2.43. The van der Waals surface area contributed by atoms with Crippen LogP contribution >= 0.6 is 11.5 Å². The lowest BCUT2D eigenvalue weighted by molar-refractivity contribution is 1.30. The van der Waals surface area contributed by atoms with Gasteiger partial charge in [0.2, 0.25) is 0 Å². The second kappa shape index (κ2) is 3.35. The van der Waals surface area contributed by atoms with Gasteiger partial charge in [-0.3, -0.25) is 0 Å². The SMILES string of the molecule is Cc1cc(C#CCN)sn1. The van der Waals surface area contributed by atoms with Gasteiger partial charge in [-0.2, -0.15) is 4.37 Å². The Balaban J connectivity index is 2.76. The molecule has 0 atom stereocenters. The van der Waals surface area contributed by atoms with E-state index < -0.39 is 0 Å². The van der Waals surface area contributed by atoms with Gasteiger partial charge in [0.25, 0.3) is 0 Å². The van der Waals surface area contributed by atoms with E-state index in [9.17, 15) is 0 Å². The van der Waals surface area contributed by atoms with Crippen LogP contribution in [0.2, 0.25) is 0 Å². The van der Waals surface area contributed by atoms with Crippen molar-refractivity contribution in [2.45, 2.75) is 6.92 Å². The maximum atomic E-state index is 5.19. The highest BCUT2D eigenvalue weighted by molar-refractivity contribution is 7.06. The normalized spacial score (nSPS) is 8.60. The van der Waals surface area contributed by atoms with Crippen LogP contribution in [0.25, 0.3) is 0 Å². The number of hydrogen-bond donors (Lipinski definition) is 1. The van der Waals surface area contributed by atoms with Gasteiger partial charge in [-0.05, 0) is 24.5 Å². The fourth-order valence-electron chi connectivity index (χ4n) is 0.561. The Morgan fingerprint density at radius 2 is 2.60 bits per heavy atom. The number of aryl methyl sites for hydroxylation is 1. The second-order valence-corrected chi connectivity index (χ2v) is 2.64. The van der Waals surface area contributed by atoms with Gasteiger partial charge < -0.3 is 5.73 Å². The van der Waals surface area contributed by atoms with Crippen molar-refractivity contribution in [3.63, 3.8) is 0 Å². The molecule has 2 nitrogen and oxygen atoms in total. The molecule has 0 aliphatic rings. The summed E-state index contributed by atoms with van der Waals surface area (Å²) in [6, 6.07) is 1.95. The van der Waals surface area contributed by atoms with E-state index in [4.69, 9.17) is 5.73 Å². The summed E-state index contributed by atoms with van der Waals surface area (Å²) >= 11 is 1.41. The Morgan fingerprint density at radius 3 is 3.10 bits per heavy atom. The van der Waals surface area contributed by atoms with Crippen molar-refractivity contribution < 1.29 is 0 Å². The lowest BCUT2D eigenvalue weighted by Gasteiger charge is -1.72. The lowest BCUT2D eigenvalue weighted by Crippen LogP contribution is -1.92. The number of aromatic nitrogens is 1. The monoisotopic (exact) mass is 152 g/mol. The van der Waals surface area contributed by atoms with E-state index in [0.717, 1.165) is 10.6 Å². The average Bonchev–Trinajstić information content (AvgIpc) is 2.31. The molecule has 2 N–H and O–H groups in total. The van der Waals surface area contributed by atoms with Crippen LogP contribution in [0.1, 0.15) is 10.6 Å². The van der Waals surface area contributed by atoms with Gasteiger partial charge in [-0.15, -0.1) is 0 Å². The van der Waals surface area contributed by atoms with Crippen molar-refractivity contribution in [1.29, 1.82) is 0 Å². The highest BCUT2D eigenvalue weighted by Gasteiger charge is 1.90. The molecule has 0 fully saturated rings. The van der Waals surface area contributed by atoms with E-state index >= 15 is 0 Å². The van der Waals surface area contributed by atoms with Crippen LogP contribution in [-0.2, 0) is 0 Å². The molecule has 1 aromatic heterocycles. The maximum Gasteiger partial charge on any atom is 0.0978 e. The van der Waals surface area contributed by atoms with Gasteiger partial charge >= 0.3 is 0 Å². The first-order chi connectivity index (χ1) is 4.83. The number of hydrogen-bond acceptors (Lipinski definition) is 3. The Bertz CT molecular complexity index is 267. The summed E-state index contributed by atoms with van der Waals surface area (Å²) in [4.78, 5) is 0.989. The number of rotatable bonds is 0. The molecule has 0 spiro atoms. The predicted octanol–water partition coefficient (Wildman–Crippen LogP) is 0.762. The molecule has 0 radical (unpaired) electrons. The van der Waals surface area contributed by atoms with Gasteiger partial charge in [-0.1, -0.05) is 11.8 Å². The lowest BCUT2D eigenvalue weighted by atomic mass is 10.4. The minimum Gasteiger partial charge on any atom is -0.320 e. The molecule has 0 saturated carbocycles. The number of nitrogens with two attached hydrogens (primary N) is 1. The molecule has 1 aromatic rings. The first-order valence-corrected chi connectivity index (χ1v) is 3.72. The first-order valence-electron chi connectivity index (χ1n) is 2.95. The summed E-state index contributed by atoms with van der Waals surface area (Å²) in [6.07, 6.45) is 0. The van der Waals surface area contributed by atoms with Crippen LogP contribution < -0.4 is 5.73 Å². The van der Waals surface area contributed by atoms with E-state index in [1.165, 1.54) is 11.5 Å². The molecular formula is C7H8N2S. The fourth-order valence-corrected chi connectivity index (χ4v) is 1.20. The molecule has 1 rings (SSSR count). The maximum absolute atomic E-state index is 5.19. The zero-order valence-corrected chi connectivity index (χ0v) is 6.53. The molecule has 52 valence electrons. The predicted molar refractivity (Wildman–Crippen MR) is 42.8 cm³/mol. The average molecular weight is 152 g/mol. The summed E-state index contributed by atoms with van der Waals surface area (Å²) in [5.74, 6) is 5.67. The molecule has 10 heavy (non-hydrogen) atoms. The highest BCUT2D eigenvalue weighted by atomic mass is 32.1. The van der Waals surface area contributed by atoms with E-state index in [-0.39, 0.29) is 0 Å². The third-order valence-electron chi connectivity index (χ3n) is 0.942. The van der Waals surface area contributed by atoms with Crippen LogP contribution in [0.4, 0.5) is 0 Å². The Morgan fingerprint density at radius 1 is 1.80 bits per heavy atom. The standard InChI is InChI=1S/C7H8N2S/c1-6-5-7(10-9-6)3-2-4-8/h5H,4,8H2,1H3. The summed E-state index contributed by atoms with van der Waals surface area (Å²) in [7, 11) is 0. The quantitative estimate of drug-likeness (QED) is 0.557. The molecule has 0 bridgehead atoms. The van der Waals surface area contributed by atoms with E-state index in [1.54, 1.807) is 0 Å². The smallest absolute Gasteiger partial charge is 0.0978 e. The third kappa shape index (κ3) is 1.83. The van der Waals surface area contributed by atoms with E-state index in [1.807, 2.05) is 13.0 Å². The summed E-state index contributed by atoms with van der Waals surface area (Å²) in [5.41, 5.74) is 6.21. The van der Waals surface area contributed by atoms with Crippen molar-refractivity contribution in [3.05, 3.63) is 16.6 Å². The van der Waals surface area contributed by atoms with Gasteiger partial charge in [0.05, 0.1) is 17.1 Å². The van der Waals surface area contributed by atoms with Crippen LogP contribution in [-0.4, -0.2) is 10.9 Å². The Labute approximate surface area is 64.2 Å². The van der Waals surface area contributed by atoms with Crippen molar-refractivity contribution in [2.24, 2.45) is 5.73 Å². The van der Waals surface area contributed by atoms with Crippen LogP contribution in [0, 0.1) is 18.8 Å². The van der Waals surface area contributed by atoms with Crippen molar-refractivity contribution >= 4 is 11.5 Å². The first kappa shape index (κ1) is 7.26. The van der Waals surface area contributed by atoms with Crippen LogP contribution in [0.3, 0.4) is 0 Å². The number of nitrogens with zero attached hydrogens (tertiary/aromatic N) is 1. The topological polar surface area (TPSA) is 38.9 Å². The molecule has 0 aliphatic carbocycles. The molecule has 3 heteroatoms. The van der Waals surface area contributed by atoms with E-state index in [2.05, 4.69) is 16.2 Å². The minimum atomic E-state index is 0.414. The van der Waals surface area contributed by atoms with Gasteiger partial charge in [-0.25, -0.2) is 0 Å². The molecule has 0 amide bonds. The summed E-state index contributed by atoms with van der Waals surface area (Å²) in [5, 5.41) is 0. The zero-order valence-electron chi connectivity index (χ0n) is 5.72. The molecular weight excluding hydrogens is 144 g/mol. The summed E-state index contributed by atoms with van der Waals surface area (Å²) < 4.78 is 4.07. The zero-order chi connectivity index (χ0) is 7.40. The largest absolute Gasteiger partial charge is 0.320 e. The van der Waals surface area contributed by atoms with Crippen molar-refractivity contribution in [1.82, 2.24) is 4.37 Å². The molecule has 0 unspecified atom stereocenters. The van der Waals surface area contributed by atoms with Crippen LogP contribution in [0.5, 0.6) is 0 Å². The molecule has 1 heterocycles. The van der Waals surface area contributed by atoms with Crippen molar-refractivity contribution in [3.8, 4) is 11.8 Å². The Hall–Kier alpha value is -0.850. The molecule has 0 aliphatic heterocycles. The van der Waals surface area contributed by atoms with E-state index in [0.29, 0.717) is 6.54 Å². The summed E-state index contributed by atoms with van der Waals surface area (Å²) in [6.45, 7) is 2.36.